The molecule has 1 saturated heterocycles. The maximum absolute atomic E-state index is 12.9. The second-order valence-electron chi connectivity index (χ2n) is 6.67. The molecule has 0 atom stereocenters. The van der Waals surface area contributed by atoms with E-state index in [1.54, 1.807) is 4.90 Å². The van der Waals surface area contributed by atoms with Gasteiger partial charge < -0.3 is 14.5 Å². The van der Waals surface area contributed by atoms with E-state index in [-0.39, 0.29) is 18.1 Å². The van der Waals surface area contributed by atoms with E-state index >= 15 is 0 Å². The molecule has 0 aromatic heterocycles. The van der Waals surface area contributed by atoms with E-state index in [1.165, 1.54) is 41.1 Å². The van der Waals surface area contributed by atoms with Crippen LogP contribution in [-0.2, 0) is 9.53 Å². The van der Waals surface area contributed by atoms with Crippen molar-refractivity contribution in [1.29, 1.82) is 0 Å². The van der Waals surface area contributed by atoms with Gasteiger partial charge in [-0.2, -0.15) is 0 Å². The summed E-state index contributed by atoms with van der Waals surface area (Å²) >= 11 is 0. The molecule has 0 aliphatic carbocycles. The van der Waals surface area contributed by atoms with E-state index in [9.17, 15) is 14.0 Å². The van der Waals surface area contributed by atoms with E-state index in [0.29, 0.717) is 13.1 Å². The number of halogens is 1. The van der Waals surface area contributed by atoms with Gasteiger partial charge in [0.25, 0.3) is 5.91 Å². The van der Waals surface area contributed by atoms with E-state index in [2.05, 4.69) is 30.9 Å². The third kappa shape index (κ3) is 4.45. The Hall–Kier alpha value is -2.89. The van der Waals surface area contributed by atoms with E-state index < -0.39 is 11.8 Å². The molecular weight excluding hydrogens is 347 g/mol. The lowest BCUT2D eigenvalue weighted by Crippen LogP contribution is -2.50. The predicted octanol–water partition coefficient (Wildman–Crippen LogP) is 2.95. The number of aryl methyl sites for hydroxylation is 1. The van der Waals surface area contributed by atoms with Gasteiger partial charge in [0.15, 0.2) is 6.61 Å². The third-order valence-electron chi connectivity index (χ3n) is 4.96. The summed E-state index contributed by atoms with van der Waals surface area (Å²) in [7, 11) is 0. The Kier molecular flexibility index (Phi) is 5.74. The lowest BCUT2D eigenvalue weighted by molar-refractivity contribution is -0.134. The molecule has 1 fully saturated rings. The number of piperazine rings is 1. The first-order valence-electron chi connectivity index (χ1n) is 8.97. The zero-order valence-electron chi connectivity index (χ0n) is 15.6. The van der Waals surface area contributed by atoms with E-state index in [4.69, 9.17) is 4.74 Å². The highest BCUT2D eigenvalue weighted by Crippen LogP contribution is 2.23. The summed E-state index contributed by atoms with van der Waals surface area (Å²) in [6.07, 6.45) is 0. The van der Waals surface area contributed by atoms with Crippen LogP contribution in [0.4, 0.5) is 10.1 Å². The number of carbonyl (C=O) groups is 2. The molecule has 0 radical (unpaired) electrons. The van der Waals surface area contributed by atoms with Crippen molar-refractivity contribution in [1.82, 2.24) is 4.90 Å². The molecule has 6 heteroatoms. The van der Waals surface area contributed by atoms with Gasteiger partial charge >= 0.3 is 5.97 Å². The zero-order chi connectivity index (χ0) is 19.4. The van der Waals surface area contributed by atoms with Crippen molar-refractivity contribution in [2.75, 3.05) is 37.7 Å². The molecule has 1 aliphatic heterocycles. The predicted molar refractivity (Wildman–Crippen MR) is 101 cm³/mol. The summed E-state index contributed by atoms with van der Waals surface area (Å²) in [5.74, 6) is -1.27. The van der Waals surface area contributed by atoms with Gasteiger partial charge in [-0.05, 0) is 55.3 Å². The lowest BCUT2D eigenvalue weighted by Gasteiger charge is -2.37. The minimum atomic E-state index is -0.627. The minimum absolute atomic E-state index is 0.217. The first-order chi connectivity index (χ1) is 13.0. The zero-order valence-corrected chi connectivity index (χ0v) is 15.6. The molecule has 142 valence electrons. The van der Waals surface area contributed by atoms with E-state index in [1.807, 2.05) is 6.07 Å². The molecular formula is C21H23FN2O3. The molecule has 0 bridgehead atoms. The lowest BCUT2D eigenvalue weighted by atomic mass is 10.1. The summed E-state index contributed by atoms with van der Waals surface area (Å²) in [6.45, 7) is 6.54. The van der Waals surface area contributed by atoms with Crippen LogP contribution in [0.25, 0.3) is 0 Å². The van der Waals surface area contributed by atoms with Crippen molar-refractivity contribution >= 4 is 17.6 Å². The van der Waals surface area contributed by atoms with E-state index in [0.717, 1.165) is 13.1 Å². The molecule has 0 spiro atoms. The second kappa shape index (κ2) is 8.20. The third-order valence-corrected chi connectivity index (χ3v) is 4.96. The van der Waals surface area contributed by atoms with Crippen molar-refractivity contribution in [2.45, 2.75) is 13.8 Å². The highest BCUT2D eigenvalue weighted by molar-refractivity contribution is 5.91. The highest BCUT2D eigenvalue weighted by Gasteiger charge is 2.23. The maximum Gasteiger partial charge on any atom is 0.338 e. The Balaban J connectivity index is 1.50. The number of amides is 1. The standard InChI is InChI=1S/C21H23FN2O3/c1-15-4-3-5-19(16(15)2)23-10-12-24(13-11-23)20(25)14-27-21(26)17-6-8-18(22)9-7-17/h3-9H,10-14H2,1-2H3. The number of ether oxygens (including phenoxy) is 1. The maximum atomic E-state index is 12.9. The molecule has 3 rings (SSSR count). The number of anilines is 1. The van der Waals surface area contributed by atoms with Crippen LogP contribution in [0.2, 0.25) is 0 Å². The van der Waals surface area contributed by atoms with Crippen LogP contribution < -0.4 is 4.90 Å². The summed E-state index contributed by atoms with van der Waals surface area (Å²) in [5.41, 5.74) is 3.93. The van der Waals surface area contributed by atoms with Crippen molar-refractivity contribution in [2.24, 2.45) is 0 Å². The van der Waals surface area contributed by atoms with Crippen LogP contribution >= 0.6 is 0 Å². The Labute approximate surface area is 158 Å². The number of rotatable bonds is 4. The average molecular weight is 370 g/mol. The average Bonchev–Trinajstić information content (AvgIpc) is 2.68. The van der Waals surface area contributed by atoms with Gasteiger partial charge in [0.2, 0.25) is 0 Å². The Morgan fingerprint density at radius 2 is 1.67 bits per heavy atom. The van der Waals surface area contributed by atoms with Crippen LogP contribution in [0.1, 0.15) is 21.5 Å². The Bertz CT molecular complexity index is 828. The first-order valence-corrected chi connectivity index (χ1v) is 8.97. The fourth-order valence-electron chi connectivity index (χ4n) is 3.16. The quantitative estimate of drug-likeness (QED) is 0.777. The molecule has 2 aromatic rings. The molecule has 1 amide bonds. The molecule has 1 heterocycles. The van der Waals surface area contributed by atoms with Gasteiger partial charge in [-0.3, -0.25) is 4.79 Å². The largest absolute Gasteiger partial charge is 0.452 e. The monoisotopic (exact) mass is 370 g/mol. The van der Waals surface area contributed by atoms with Crippen LogP contribution in [0.5, 0.6) is 0 Å². The molecule has 5 nitrogen and oxygen atoms in total. The molecule has 0 unspecified atom stereocenters. The fourth-order valence-corrected chi connectivity index (χ4v) is 3.16. The van der Waals surface area contributed by atoms with Crippen LogP contribution in [-0.4, -0.2) is 49.6 Å². The number of nitrogens with zero attached hydrogens (tertiary/aromatic N) is 2. The number of hydrogen-bond donors (Lipinski definition) is 0. The van der Waals surface area contributed by atoms with Gasteiger partial charge in [0.1, 0.15) is 5.82 Å². The topological polar surface area (TPSA) is 49.9 Å². The van der Waals surface area contributed by atoms with Crippen molar-refractivity contribution in [3.05, 3.63) is 65.0 Å². The van der Waals surface area contributed by atoms with Crippen molar-refractivity contribution in [3.8, 4) is 0 Å². The minimum Gasteiger partial charge on any atom is -0.452 e. The first kappa shape index (κ1) is 18.9. The highest BCUT2D eigenvalue weighted by atomic mass is 19.1. The SMILES string of the molecule is Cc1cccc(N2CCN(C(=O)COC(=O)c3ccc(F)cc3)CC2)c1C. The van der Waals surface area contributed by atoms with Crippen LogP contribution in [0, 0.1) is 19.7 Å². The molecule has 27 heavy (non-hydrogen) atoms. The summed E-state index contributed by atoms with van der Waals surface area (Å²) in [4.78, 5) is 28.2. The molecule has 0 saturated carbocycles. The van der Waals surface area contributed by atoms with Gasteiger partial charge in [-0.25, -0.2) is 9.18 Å². The number of esters is 1. The number of hydrogen-bond acceptors (Lipinski definition) is 4. The normalized spacial score (nSPS) is 14.2. The van der Waals surface area contributed by atoms with Gasteiger partial charge in [0.05, 0.1) is 5.56 Å². The molecule has 1 aliphatic rings. The Morgan fingerprint density at radius 3 is 2.33 bits per heavy atom. The number of carbonyl (C=O) groups excluding carboxylic acids is 2. The smallest absolute Gasteiger partial charge is 0.338 e. The van der Waals surface area contributed by atoms with Gasteiger partial charge in [-0.1, -0.05) is 12.1 Å². The summed E-state index contributed by atoms with van der Waals surface area (Å²) in [6, 6.07) is 11.3. The van der Waals surface area contributed by atoms with Gasteiger partial charge in [-0.15, -0.1) is 0 Å². The fraction of sp³-hybridized carbons (Fsp3) is 0.333. The number of benzene rings is 2. The summed E-state index contributed by atoms with van der Waals surface area (Å²) in [5, 5.41) is 0. The molecule has 2 aromatic carbocycles. The molecule has 0 N–H and O–H groups in total. The second-order valence-corrected chi connectivity index (χ2v) is 6.67. The van der Waals surface area contributed by atoms with Crippen LogP contribution in [0.15, 0.2) is 42.5 Å². The van der Waals surface area contributed by atoms with Gasteiger partial charge in [0, 0.05) is 31.9 Å². The summed E-state index contributed by atoms with van der Waals surface area (Å²) < 4.78 is 18.0. The Morgan fingerprint density at radius 1 is 1.00 bits per heavy atom. The van der Waals surface area contributed by atoms with Crippen molar-refractivity contribution in [3.63, 3.8) is 0 Å². The van der Waals surface area contributed by atoms with Crippen molar-refractivity contribution < 1.29 is 18.7 Å². The van der Waals surface area contributed by atoms with Crippen LogP contribution in [0.3, 0.4) is 0 Å².